The highest BCUT2D eigenvalue weighted by Crippen LogP contribution is 2.33. The van der Waals surface area contributed by atoms with E-state index >= 15 is 0 Å². The van der Waals surface area contributed by atoms with E-state index in [1.165, 1.54) is 58.4 Å². The van der Waals surface area contributed by atoms with Gasteiger partial charge in [-0.15, -0.1) is 0 Å². The van der Waals surface area contributed by atoms with E-state index in [0.29, 0.717) is 0 Å². The molecule has 0 bridgehead atoms. The molecule has 0 aromatic heterocycles. The topological polar surface area (TPSA) is 32.5 Å². The molecule has 0 aromatic rings. The molecule has 3 atom stereocenters. The van der Waals surface area contributed by atoms with E-state index < -0.39 is 0 Å². The summed E-state index contributed by atoms with van der Waals surface area (Å²) in [4.78, 5) is 5.34. The van der Waals surface area contributed by atoms with Crippen LogP contribution in [0.25, 0.3) is 0 Å². The molecule has 0 aliphatic carbocycles. The van der Waals surface area contributed by atoms with Gasteiger partial charge in [0.15, 0.2) is 0 Å². The number of likely N-dealkylation sites (tertiary alicyclic amines) is 2. The van der Waals surface area contributed by atoms with Crippen molar-refractivity contribution >= 4 is 0 Å². The molecule has 0 aromatic carbocycles. The Kier molecular flexibility index (Phi) is 5.27. The highest BCUT2D eigenvalue weighted by Gasteiger charge is 2.39. The Bertz CT molecular complexity index is 281. The molecule has 0 spiro atoms. The predicted molar refractivity (Wildman–Crippen MR) is 82.3 cm³/mol. The van der Waals surface area contributed by atoms with Gasteiger partial charge in [0.1, 0.15) is 0 Å². The first-order valence-corrected chi connectivity index (χ1v) is 8.29. The van der Waals surface area contributed by atoms with Crippen LogP contribution in [0.2, 0.25) is 0 Å². The van der Waals surface area contributed by atoms with Crippen molar-refractivity contribution in [3.05, 3.63) is 0 Å². The van der Waals surface area contributed by atoms with E-state index in [1.807, 2.05) is 0 Å². The highest BCUT2D eigenvalue weighted by molar-refractivity contribution is 4.96. The van der Waals surface area contributed by atoms with Crippen LogP contribution in [-0.2, 0) is 0 Å². The molecule has 3 unspecified atom stereocenters. The van der Waals surface area contributed by atoms with Crippen molar-refractivity contribution in [1.82, 2.24) is 9.80 Å². The van der Waals surface area contributed by atoms with Crippen LogP contribution < -0.4 is 5.73 Å². The number of piperidine rings is 1. The summed E-state index contributed by atoms with van der Waals surface area (Å²) in [6.45, 7) is 14.1. The molecule has 0 amide bonds. The van der Waals surface area contributed by atoms with Crippen molar-refractivity contribution in [1.29, 1.82) is 0 Å². The fraction of sp³-hybridized carbons (Fsp3) is 1.00. The van der Waals surface area contributed by atoms with E-state index in [1.54, 1.807) is 0 Å². The van der Waals surface area contributed by atoms with Crippen LogP contribution in [0.3, 0.4) is 0 Å². The van der Waals surface area contributed by atoms with E-state index in [4.69, 9.17) is 5.73 Å². The Morgan fingerprint density at radius 1 is 1.11 bits per heavy atom. The second-order valence-electron chi connectivity index (χ2n) is 6.91. The normalized spacial score (nSPS) is 39.2. The van der Waals surface area contributed by atoms with Gasteiger partial charge < -0.3 is 10.6 Å². The lowest BCUT2D eigenvalue weighted by Crippen LogP contribution is -2.58. The molecule has 3 heteroatoms. The Labute approximate surface area is 119 Å². The summed E-state index contributed by atoms with van der Waals surface area (Å²) in [7, 11) is 0. The van der Waals surface area contributed by atoms with E-state index in [9.17, 15) is 0 Å². The number of nitrogens with zero attached hydrogens (tertiary/aromatic N) is 2. The summed E-state index contributed by atoms with van der Waals surface area (Å²) in [5.41, 5.74) is 6.54. The first kappa shape index (κ1) is 15.3. The number of rotatable bonds is 3. The minimum atomic E-state index is 0.290. The summed E-state index contributed by atoms with van der Waals surface area (Å²) in [5.74, 6) is 1.70. The minimum absolute atomic E-state index is 0.290. The van der Waals surface area contributed by atoms with Crippen LogP contribution >= 0.6 is 0 Å². The van der Waals surface area contributed by atoms with E-state index in [2.05, 4.69) is 30.6 Å². The van der Waals surface area contributed by atoms with Gasteiger partial charge in [-0.2, -0.15) is 0 Å². The molecule has 19 heavy (non-hydrogen) atoms. The van der Waals surface area contributed by atoms with Crippen molar-refractivity contribution in [2.24, 2.45) is 17.6 Å². The molecular formula is C16H33N3. The third-order valence-corrected chi connectivity index (χ3v) is 5.84. The molecule has 2 aliphatic rings. The lowest BCUT2D eigenvalue weighted by Gasteiger charge is -2.48. The molecule has 2 aliphatic heterocycles. The van der Waals surface area contributed by atoms with Crippen molar-refractivity contribution in [2.75, 3.05) is 39.3 Å². The first-order valence-electron chi connectivity index (χ1n) is 8.29. The second kappa shape index (κ2) is 6.55. The molecule has 0 saturated carbocycles. The van der Waals surface area contributed by atoms with Crippen LogP contribution in [0, 0.1) is 11.8 Å². The zero-order valence-electron chi connectivity index (χ0n) is 13.2. The smallest absolute Gasteiger partial charge is 0.0344 e. The van der Waals surface area contributed by atoms with Crippen molar-refractivity contribution in [3.8, 4) is 0 Å². The number of hydrogen-bond donors (Lipinski definition) is 1. The van der Waals surface area contributed by atoms with Crippen LogP contribution in [0.5, 0.6) is 0 Å². The number of hydrogen-bond acceptors (Lipinski definition) is 3. The fourth-order valence-corrected chi connectivity index (χ4v) is 3.89. The molecule has 3 nitrogen and oxygen atoms in total. The van der Waals surface area contributed by atoms with Gasteiger partial charge in [-0.05, 0) is 63.7 Å². The summed E-state index contributed by atoms with van der Waals surface area (Å²) in [6.07, 6.45) is 5.21. The maximum atomic E-state index is 6.25. The van der Waals surface area contributed by atoms with Crippen molar-refractivity contribution < 1.29 is 0 Å². The van der Waals surface area contributed by atoms with Gasteiger partial charge in [0, 0.05) is 18.6 Å². The minimum Gasteiger partial charge on any atom is -0.329 e. The lowest BCUT2D eigenvalue weighted by molar-refractivity contribution is 0.0211. The maximum absolute atomic E-state index is 6.25. The third kappa shape index (κ3) is 3.32. The van der Waals surface area contributed by atoms with E-state index in [0.717, 1.165) is 18.4 Å². The SMILES string of the molecule is CCN1CCCC(CN)(N2CCC(C)C(C)C2)CC1. The molecule has 2 rings (SSSR count). The molecule has 112 valence electrons. The standard InChI is InChI=1S/C16H33N3/c1-4-18-9-5-7-16(13-17,8-11-18)19-10-6-14(2)15(3)12-19/h14-15H,4-13,17H2,1-3H3. The van der Waals surface area contributed by atoms with Crippen molar-refractivity contribution in [3.63, 3.8) is 0 Å². The molecule has 2 heterocycles. The quantitative estimate of drug-likeness (QED) is 0.850. The second-order valence-corrected chi connectivity index (χ2v) is 6.91. The summed E-state index contributed by atoms with van der Waals surface area (Å²) >= 11 is 0. The summed E-state index contributed by atoms with van der Waals surface area (Å²) in [5, 5.41) is 0. The first-order chi connectivity index (χ1) is 9.11. The van der Waals surface area contributed by atoms with Gasteiger partial charge in [-0.25, -0.2) is 0 Å². The van der Waals surface area contributed by atoms with Gasteiger partial charge >= 0.3 is 0 Å². The predicted octanol–water partition coefficient (Wildman–Crippen LogP) is 2.17. The zero-order valence-corrected chi connectivity index (χ0v) is 13.2. The Morgan fingerprint density at radius 2 is 1.89 bits per heavy atom. The molecule has 2 N–H and O–H groups in total. The highest BCUT2D eigenvalue weighted by atomic mass is 15.2. The van der Waals surface area contributed by atoms with Crippen LogP contribution in [0.4, 0.5) is 0 Å². The third-order valence-electron chi connectivity index (χ3n) is 5.84. The summed E-state index contributed by atoms with van der Waals surface area (Å²) in [6, 6.07) is 0. The molecule has 2 fully saturated rings. The average molecular weight is 267 g/mol. The Balaban J connectivity index is 2.05. The Hall–Kier alpha value is -0.120. The molecular weight excluding hydrogens is 234 g/mol. The van der Waals surface area contributed by atoms with E-state index in [-0.39, 0.29) is 5.54 Å². The Morgan fingerprint density at radius 3 is 2.53 bits per heavy atom. The van der Waals surface area contributed by atoms with Crippen molar-refractivity contribution in [2.45, 2.75) is 52.0 Å². The number of nitrogens with two attached hydrogens (primary N) is 1. The average Bonchev–Trinajstić information content (AvgIpc) is 2.64. The largest absolute Gasteiger partial charge is 0.329 e. The van der Waals surface area contributed by atoms with Gasteiger partial charge in [-0.3, -0.25) is 4.90 Å². The van der Waals surface area contributed by atoms with Crippen LogP contribution in [-0.4, -0.2) is 54.6 Å². The van der Waals surface area contributed by atoms with Crippen LogP contribution in [0.1, 0.15) is 46.5 Å². The van der Waals surface area contributed by atoms with Gasteiger partial charge in [-0.1, -0.05) is 20.8 Å². The van der Waals surface area contributed by atoms with Gasteiger partial charge in [0.2, 0.25) is 0 Å². The molecule has 0 radical (unpaired) electrons. The van der Waals surface area contributed by atoms with Gasteiger partial charge in [0.25, 0.3) is 0 Å². The zero-order chi connectivity index (χ0) is 13.9. The molecule has 2 saturated heterocycles. The van der Waals surface area contributed by atoms with Gasteiger partial charge in [0.05, 0.1) is 0 Å². The fourth-order valence-electron chi connectivity index (χ4n) is 3.89. The maximum Gasteiger partial charge on any atom is 0.0344 e. The summed E-state index contributed by atoms with van der Waals surface area (Å²) < 4.78 is 0. The lowest BCUT2D eigenvalue weighted by atomic mass is 9.82. The van der Waals surface area contributed by atoms with Crippen LogP contribution in [0.15, 0.2) is 0 Å². The monoisotopic (exact) mass is 267 g/mol.